The van der Waals surface area contributed by atoms with Gasteiger partial charge in [0, 0.05) is 5.56 Å². The molecule has 0 spiro atoms. The van der Waals surface area contributed by atoms with Gasteiger partial charge in [-0.15, -0.1) is 0 Å². The molecule has 0 heterocycles. The standard InChI is InChI=1S/C9H10FNO/c10-5-7-2-1-3-8(4-7)9(12)6-11/h1-4H,5-6,11H2. The molecular formula is C9H10FNO. The molecule has 2 N–H and O–H groups in total. The molecule has 0 atom stereocenters. The molecule has 2 nitrogen and oxygen atoms in total. The van der Waals surface area contributed by atoms with Gasteiger partial charge in [-0.25, -0.2) is 4.39 Å². The van der Waals surface area contributed by atoms with E-state index in [0.717, 1.165) is 0 Å². The molecule has 0 aliphatic heterocycles. The van der Waals surface area contributed by atoms with Crippen molar-refractivity contribution in [2.24, 2.45) is 5.73 Å². The Morgan fingerprint density at radius 1 is 1.50 bits per heavy atom. The Hall–Kier alpha value is -1.22. The van der Waals surface area contributed by atoms with Crippen LogP contribution in [-0.4, -0.2) is 12.3 Å². The van der Waals surface area contributed by atoms with Crippen molar-refractivity contribution in [1.82, 2.24) is 0 Å². The highest BCUT2D eigenvalue weighted by Crippen LogP contribution is 2.06. The first-order valence-electron chi connectivity index (χ1n) is 3.66. The number of hydrogen-bond donors (Lipinski definition) is 1. The third-order valence-corrected chi connectivity index (χ3v) is 1.59. The average Bonchev–Trinajstić information content (AvgIpc) is 2.17. The van der Waals surface area contributed by atoms with Gasteiger partial charge in [0.1, 0.15) is 6.67 Å². The van der Waals surface area contributed by atoms with Gasteiger partial charge < -0.3 is 5.73 Å². The fraction of sp³-hybridized carbons (Fsp3) is 0.222. The van der Waals surface area contributed by atoms with Crippen molar-refractivity contribution in [3.63, 3.8) is 0 Å². The number of alkyl halides is 1. The minimum atomic E-state index is -0.550. The van der Waals surface area contributed by atoms with Crippen LogP contribution in [0.1, 0.15) is 15.9 Å². The first-order valence-corrected chi connectivity index (χ1v) is 3.66. The van der Waals surface area contributed by atoms with Crippen LogP contribution in [0.5, 0.6) is 0 Å². The second-order valence-electron chi connectivity index (χ2n) is 2.46. The fourth-order valence-electron chi connectivity index (χ4n) is 0.946. The summed E-state index contributed by atoms with van der Waals surface area (Å²) in [5, 5.41) is 0. The highest BCUT2D eigenvalue weighted by Gasteiger charge is 2.02. The third kappa shape index (κ3) is 1.89. The summed E-state index contributed by atoms with van der Waals surface area (Å²) < 4.78 is 12.1. The molecule has 0 radical (unpaired) electrons. The fourth-order valence-corrected chi connectivity index (χ4v) is 0.946. The Morgan fingerprint density at radius 3 is 2.83 bits per heavy atom. The van der Waals surface area contributed by atoms with Crippen molar-refractivity contribution in [2.45, 2.75) is 6.67 Å². The predicted molar refractivity (Wildman–Crippen MR) is 44.6 cm³/mol. The molecule has 0 aliphatic rings. The van der Waals surface area contributed by atoms with Crippen LogP contribution in [0.3, 0.4) is 0 Å². The molecule has 1 aromatic rings. The number of halogens is 1. The average molecular weight is 167 g/mol. The van der Waals surface area contributed by atoms with E-state index in [1.807, 2.05) is 0 Å². The molecule has 0 aliphatic carbocycles. The van der Waals surface area contributed by atoms with Crippen LogP contribution in [-0.2, 0) is 6.67 Å². The first kappa shape index (κ1) is 8.87. The minimum Gasteiger partial charge on any atom is -0.324 e. The summed E-state index contributed by atoms with van der Waals surface area (Å²) in [6.45, 7) is -0.582. The lowest BCUT2D eigenvalue weighted by Crippen LogP contribution is -2.13. The summed E-state index contributed by atoms with van der Waals surface area (Å²) in [7, 11) is 0. The zero-order valence-corrected chi connectivity index (χ0v) is 6.59. The minimum absolute atomic E-state index is 0.0320. The number of nitrogens with two attached hydrogens (primary N) is 1. The van der Waals surface area contributed by atoms with Gasteiger partial charge in [0.2, 0.25) is 0 Å². The number of rotatable bonds is 3. The quantitative estimate of drug-likeness (QED) is 0.689. The molecule has 0 unspecified atom stereocenters. The topological polar surface area (TPSA) is 43.1 Å². The first-order chi connectivity index (χ1) is 5.77. The van der Waals surface area contributed by atoms with Gasteiger partial charge in [0.15, 0.2) is 5.78 Å². The van der Waals surface area contributed by atoms with E-state index < -0.39 is 6.67 Å². The zero-order chi connectivity index (χ0) is 8.97. The molecular weight excluding hydrogens is 157 g/mol. The highest BCUT2D eigenvalue weighted by atomic mass is 19.1. The van der Waals surface area contributed by atoms with Crippen molar-refractivity contribution in [3.8, 4) is 0 Å². The SMILES string of the molecule is NCC(=O)c1cccc(CF)c1. The van der Waals surface area contributed by atoms with Crippen molar-refractivity contribution in [2.75, 3.05) is 6.54 Å². The second kappa shape index (κ2) is 3.97. The molecule has 1 rings (SSSR count). The lowest BCUT2D eigenvalue weighted by atomic mass is 10.1. The number of benzene rings is 1. The second-order valence-corrected chi connectivity index (χ2v) is 2.46. The van der Waals surface area contributed by atoms with E-state index in [4.69, 9.17) is 5.73 Å². The van der Waals surface area contributed by atoms with E-state index >= 15 is 0 Å². The van der Waals surface area contributed by atoms with Crippen LogP contribution in [0.25, 0.3) is 0 Å². The van der Waals surface area contributed by atoms with Gasteiger partial charge >= 0.3 is 0 Å². The Kier molecular flexibility index (Phi) is 2.94. The van der Waals surface area contributed by atoms with Crippen molar-refractivity contribution in [1.29, 1.82) is 0 Å². The van der Waals surface area contributed by atoms with E-state index in [1.165, 1.54) is 6.07 Å². The van der Waals surface area contributed by atoms with E-state index in [2.05, 4.69) is 0 Å². The van der Waals surface area contributed by atoms with Crippen LogP contribution in [0.2, 0.25) is 0 Å². The molecule has 0 bridgehead atoms. The van der Waals surface area contributed by atoms with Gasteiger partial charge in [-0.05, 0) is 11.6 Å². The molecule has 0 aromatic heterocycles. The molecule has 0 saturated heterocycles. The number of Topliss-reactive ketones (excluding diaryl/α,β-unsaturated/α-hetero) is 1. The van der Waals surface area contributed by atoms with Gasteiger partial charge in [0.05, 0.1) is 6.54 Å². The Labute approximate surface area is 70.2 Å². The maximum absolute atomic E-state index is 12.1. The van der Waals surface area contributed by atoms with Crippen molar-refractivity contribution in [3.05, 3.63) is 35.4 Å². The van der Waals surface area contributed by atoms with Gasteiger partial charge in [-0.1, -0.05) is 18.2 Å². The summed E-state index contributed by atoms with van der Waals surface area (Å²) in [5.41, 5.74) is 6.14. The molecule has 0 amide bonds. The molecule has 0 saturated carbocycles. The smallest absolute Gasteiger partial charge is 0.176 e. The Balaban J connectivity index is 2.93. The Bertz CT molecular complexity index is 286. The van der Waals surface area contributed by atoms with Crippen molar-refractivity contribution >= 4 is 5.78 Å². The molecule has 12 heavy (non-hydrogen) atoms. The molecule has 3 heteroatoms. The predicted octanol–water partition coefficient (Wildman–Crippen LogP) is 1.30. The van der Waals surface area contributed by atoms with Gasteiger partial charge in [-0.2, -0.15) is 0 Å². The lowest BCUT2D eigenvalue weighted by Gasteiger charge is -1.98. The lowest BCUT2D eigenvalue weighted by molar-refractivity contribution is 0.100. The van der Waals surface area contributed by atoms with Crippen LogP contribution in [0.15, 0.2) is 24.3 Å². The van der Waals surface area contributed by atoms with Crippen LogP contribution < -0.4 is 5.73 Å². The van der Waals surface area contributed by atoms with Gasteiger partial charge in [0.25, 0.3) is 0 Å². The van der Waals surface area contributed by atoms with Crippen LogP contribution >= 0.6 is 0 Å². The number of hydrogen-bond acceptors (Lipinski definition) is 2. The normalized spacial score (nSPS) is 9.83. The number of carbonyl (C=O) groups excluding carboxylic acids is 1. The number of carbonyl (C=O) groups is 1. The molecule has 1 aromatic carbocycles. The summed E-state index contributed by atoms with van der Waals surface area (Å²) in [6.07, 6.45) is 0. The van der Waals surface area contributed by atoms with E-state index in [-0.39, 0.29) is 12.3 Å². The summed E-state index contributed by atoms with van der Waals surface area (Å²) >= 11 is 0. The summed E-state index contributed by atoms with van der Waals surface area (Å²) in [5.74, 6) is -0.162. The van der Waals surface area contributed by atoms with Crippen LogP contribution in [0.4, 0.5) is 4.39 Å². The maximum atomic E-state index is 12.1. The monoisotopic (exact) mass is 167 g/mol. The summed E-state index contributed by atoms with van der Waals surface area (Å²) in [4.78, 5) is 11.0. The molecule has 0 fully saturated rings. The van der Waals surface area contributed by atoms with Gasteiger partial charge in [-0.3, -0.25) is 4.79 Å². The van der Waals surface area contributed by atoms with E-state index in [9.17, 15) is 9.18 Å². The highest BCUT2D eigenvalue weighted by molar-refractivity contribution is 5.97. The zero-order valence-electron chi connectivity index (χ0n) is 6.59. The Morgan fingerprint density at radius 2 is 2.25 bits per heavy atom. The number of ketones is 1. The van der Waals surface area contributed by atoms with Crippen molar-refractivity contribution < 1.29 is 9.18 Å². The summed E-state index contributed by atoms with van der Waals surface area (Å²) in [6, 6.07) is 6.44. The molecule has 64 valence electrons. The third-order valence-electron chi connectivity index (χ3n) is 1.59. The maximum Gasteiger partial charge on any atom is 0.176 e. The largest absolute Gasteiger partial charge is 0.324 e. The van der Waals surface area contributed by atoms with E-state index in [0.29, 0.717) is 11.1 Å². The van der Waals surface area contributed by atoms with Crippen LogP contribution in [0, 0.1) is 0 Å². The van der Waals surface area contributed by atoms with E-state index in [1.54, 1.807) is 18.2 Å².